The number of aromatic nitrogens is 3. The average molecular weight is 240 g/mol. The maximum atomic E-state index is 10.9. The number of halogens is 1. The molecule has 0 atom stereocenters. The SMILES string of the molecule is O=C(O)c1ccnc2nc(CCCCl)[nH]c12. The van der Waals surface area contributed by atoms with Gasteiger partial charge in [0.25, 0.3) is 0 Å². The fraction of sp³-hybridized carbons (Fsp3) is 0.300. The van der Waals surface area contributed by atoms with E-state index in [-0.39, 0.29) is 5.56 Å². The maximum absolute atomic E-state index is 10.9. The molecule has 0 saturated heterocycles. The second kappa shape index (κ2) is 4.49. The molecular formula is C10H10ClN3O2. The molecule has 0 fully saturated rings. The van der Waals surface area contributed by atoms with Crippen molar-refractivity contribution < 1.29 is 9.90 Å². The number of aromatic carboxylic acids is 1. The van der Waals surface area contributed by atoms with Crippen LogP contribution in [-0.2, 0) is 6.42 Å². The van der Waals surface area contributed by atoms with Crippen LogP contribution < -0.4 is 0 Å². The van der Waals surface area contributed by atoms with Crippen molar-refractivity contribution in [3.63, 3.8) is 0 Å². The molecule has 0 aromatic carbocycles. The highest BCUT2D eigenvalue weighted by Gasteiger charge is 2.12. The Kier molecular flexibility index (Phi) is 3.05. The lowest BCUT2D eigenvalue weighted by Gasteiger charge is -1.94. The Morgan fingerprint density at radius 2 is 2.38 bits per heavy atom. The third-order valence-corrected chi connectivity index (χ3v) is 2.49. The van der Waals surface area contributed by atoms with Gasteiger partial charge in [-0.25, -0.2) is 14.8 Å². The number of carboxylic acids is 1. The quantitative estimate of drug-likeness (QED) is 0.798. The number of nitrogens with zero attached hydrogens (tertiary/aromatic N) is 2. The fourth-order valence-corrected chi connectivity index (χ4v) is 1.62. The first kappa shape index (κ1) is 10.9. The molecule has 2 N–H and O–H groups in total. The average Bonchev–Trinajstić information content (AvgIpc) is 2.68. The molecule has 0 saturated carbocycles. The van der Waals surface area contributed by atoms with Crippen molar-refractivity contribution in [2.75, 3.05) is 5.88 Å². The molecule has 0 bridgehead atoms. The van der Waals surface area contributed by atoms with Gasteiger partial charge in [-0.1, -0.05) is 0 Å². The molecular weight excluding hydrogens is 230 g/mol. The first-order chi connectivity index (χ1) is 7.72. The third kappa shape index (κ3) is 1.99. The van der Waals surface area contributed by atoms with Crippen molar-refractivity contribution in [2.24, 2.45) is 0 Å². The number of hydrogen-bond donors (Lipinski definition) is 2. The van der Waals surface area contributed by atoms with Crippen LogP contribution in [0.2, 0.25) is 0 Å². The molecule has 0 aliphatic carbocycles. The zero-order valence-corrected chi connectivity index (χ0v) is 9.16. The molecule has 84 valence electrons. The highest BCUT2D eigenvalue weighted by atomic mass is 35.5. The summed E-state index contributed by atoms with van der Waals surface area (Å²) in [7, 11) is 0. The molecule has 0 aliphatic rings. The summed E-state index contributed by atoms with van der Waals surface area (Å²) >= 11 is 5.58. The van der Waals surface area contributed by atoms with Crippen molar-refractivity contribution in [3.05, 3.63) is 23.7 Å². The van der Waals surface area contributed by atoms with E-state index in [1.54, 1.807) is 0 Å². The number of imidazole rings is 1. The third-order valence-electron chi connectivity index (χ3n) is 2.22. The minimum Gasteiger partial charge on any atom is -0.478 e. The molecule has 0 amide bonds. The highest BCUT2D eigenvalue weighted by molar-refractivity contribution is 6.17. The summed E-state index contributed by atoms with van der Waals surface area (Å²) in [4.78, 5) is 22.1. The van der Waals surface area contributed by atoms with E-state index in [0.29, 0.717) is 23.5 Å². The molecule has 2 aromatic heterocycles. The second-order valence-corrected chi connectivity index (χ2v) is 3.72. The Morgan fingerprint density at radius 1 is 1.56 bits per heavy atom. The van der Waals surface area contributed by atoms with Crippen LogP contribution in [0.5, 0.6) is 0 Å². The Morgan fingerprint density at radius 3 is 3.06 bits per heavy atom. The number of hydrogen-bond acceptors (Lipinski definition) is 3. The Hall–Kier alpha value is -1.62. The molecule has 0 aliphatic heterocycles. The number of rotatable bonds is 4. The monoisotopic (exact) mass is 239 g/mol. The minimum atomic E-state index is -0.986. The van der Waals surface area contributed by atoms with E-state index in [1.165, 1.54) is 12.3 Å². The van der Waals surface area contributed by atoms with Crippen molar-refractivity contribution in [3.8, 4) is 0 Å². The number of carbonyl (C=O) groups is 1. The van der Waals surface area contributed by atoms with Crippen LogP contribution in [0.15, 0.2) is 12.3 Å². The summed E-state index contributed by atoms with van der Waals surface area (Å²) in [5.74, 6) is 0.285. The van der Waals surface area contributed by atoms with Gasteiger partial charge in [0.15, 0.2) is 5.65 Å². The molecule has 16 heavy (non-hydrogen) atoms. The van der Waals surface area contributed by atoms with Gasteiger partial charge in [0.2, 0.25) is 0 Å². The number of aromatic amines is 1. The molecule has 0 unspecified atom stereocenters. The number of H-pyrrole nitrogens is 1. The van der Waals surface area contributed by atoms with E-state index in [9.17, 15) is 4.79 Å². The maximum Gasteiger partial charge on any atom is 0.338 e. The lowest BCUT2D eigenvalue weighted by atomic mass is 10.2. The van der Waals surface area contributed by atoms with Crippen LogP contribution in [0.4, 0.5) is 0 Å². The summed E-state index contributed by atoms with van der Waals surface area (Å²) in [6, 6.07) is 1.45. The second-order valence-electron chi connectivity index (χ2n) is 3.34. The van der Waals surface area contributed by atoms with Gasteiger partial charge in [-0.15, -0.1) is 11.6 Å². The Labute approximate surface area is 96.5 Å². The molecule has 6 heteroatoms. The van der Waals surface area contributed by atoms with Gasteiger partial charge < -0.3 is 10.1 Å². The normalized spacial score (nSPS) is 10.8. The van der Waals surface area contributed by atoms with Crippen LogP contribution in [0, 0.1) is 0 Å². The summed E-state index contributed by atoms with van der Waals surface area (Å²) in [6.07, 6.45) is 2.93. The van der Waals surface area contributed by atoms with Gasteiger partial charge in [0.05, 0.1) is 11.1 Å². The first-order valence-electron chi connectivity index (χ1n) is 4.85. The number of nitrogens with one attached hydrogen (secondary N) is 1. The van der Waals surface area contributed by atoms with Gasteiger partial charge in [-0.3, -0.25) is 0 Å². The topological polar surface area (TPSA) is 78.9 Å². The van der Waals surface area contributed by atoms with E-state index >= 15 is 0 Å². The smallest absolute Gasteiger partial charge is 0.338 e. The zero-order valence-electron chi connectivity index (χ0n) is 8.40. The fourth-order valence-electron chi connectivity index (χ4n) is 1.49. The van der Waals surface area contributed by atoms with Gasteiger partial charge in [-0.2, -0.15) is 0 Å². The van der Waals surface area contributed by atoms with Crippen molar-refractivity contribution in [1.82, 2.24) is 15.0 Å². The predicted molar refractivity (Wildman–Crippen MR) is 59.9 cm³/mol. The summed E-state index contributed by atoms with van der Waals surface area (Å²) in [5.41, 5.74) is 1.10. The highest BCUT2D eigenvalue weighted by Crippen LogP contribution is 2.14. The van der Waals surface area contributed by atoms with Crippen LogP contribution in [0.25, 0.3) is 11.2 Å². The van der Waals surface area contributed by atoms with Gasteiger partial charge in [-0.05, 0) is 12.5 Å². The van der Waals surface area contributed by atoms with E-state index in [1.807, 2.05) is 0 Å². The van der Waals surface area contributed by atoms with E-state index < -0.39 is 5.97 Å². The van der Waals surface area contributed by atoms with Crippen molar-refractivity contribution >= 4 is 28.7 Å². The van der Waals surface area contributed by atoms with E-state index in [4.69, 9.17) is 16.7 Å². The lowest BCUT2D eigenvalue weighted by Crippen LogP contribution is -1.97. The molecule has 5 nitrogen and oxygen atoms in total. The van der Waals surface area contributed by atoms with E-state index in [0.717, 1.165) is 12.2 Å². The van der Waals surface area contributed by atoms with Crippen LogP contribution >= 0.6 is 11.6 Å². The Balaban J connectivity index is 2.44. The summed E-state index contributed by atoms with van der Waals surface area (Å²) in [5, 5.41) is 8.97. The largest absolute Gasteiger partial charge is 0.478 e. The number of aryl methyl sites for hydroxylation is 1. The number of alkyl halides is 1. The predicted octanol–water partition coefficient (Wildman–Crippen LogP) is 1.83. The first-order valence-corrected chi connectivity index (χ1v) is 5.38. The summed E-state index contributed by atoms with van der Waals surface area (Å²) < 4.78 is 0. The van der Waals surface area contributed by atoms with E-state index in [2.05, 4.69) is 15.0 Å². The zero-order chi connectivity index (χ0) is 11.5. The molecule has 2 rings (SSSR count). The molecule has 0 radical (unpaired) electrons. The molecule has 0 spiro atoms. The van der Waals surface area contributed by atoms with Gasteiger partial charge in [0.1, 0.15) is 5.82 Å². The lowest BCUT2D eigenvalue weighted by molar-refractivity contribution is 0.0699. The standard InChI is InChI=1S/C10H10ClN3O2/c11-4-1-2-7-13-8-6(10(15)16)3-5-12-9(8)14-7/h3,5H,1-2,4H2,(H,15,16)(H,12,13,14). The minimum absolute atomic E-state index is 0.189. The summed E-state index contributed by atoms with van der Waals surface area (Å²) in [6.45, 7) is 0. The number of pyridine rings is 1. The Bertz CT molecular complexity index is 524. The van der Waals surface area contributed by atoms with Gasteiger partial charge >= 0.3 is 5.97 Å². The van der Waals surface area contributed by atoms with Crippen LogP contribution in [0.1, 0.15) is 22.6 Å². The number of carboxylic acid groups (broad SMARTS) is 1. The van der Waals surface area contributed by atoms with Crippen molar-refractivity contribution in [2.45, 2.75) is 12.8 Å². The molecule has 2 aromatic rings. The molecule has 2 heterocycles. The van der Waals surface area contributed by atoms with Crippen molar-refractivity contribution in [1.29, 1.82) is 0 Å². The van der Waals surface area contributed by atoms with Crippen LogP contribution in [0.3, 0.4) is 0 Å². The number of fused-ring (bicyclic) bond motifs is 1. The van der Waals surface area contributed by atoms with Gasteiger partial charge in [0, 0.05) is 18.5 Å². The van der Waals surface area contributed by atoms with Crippen LogP contribution in [-0.4, -0.2) is 31.9 Å².